The summed E-state index contributed by atoms with van der Waals surface area (Å²) in [5, 5.41) is 7.86. The zero-order chi connectivity index (χ0) is 24.0. The van der Waals surface area contributed by atoms with E-state index >= 15 is 0 Å². The number of benzene rings is 2. The number of likely N-dealkylation sites (tertiary alicyclic amines) is 2. The normalized spacial score (nSPS) is 17.6. The third-order valence-corrected chi connectivity index (χ3v) is 7.20. The summed E-state index contributed by atoms with van der Waals surface area (Å²) in [6, 6.07) is 16.1. The van der Waals surface area contributed by atoms with E-state index in [0.29, 0.717) is 29.8 Å². The number of piperidine rings is 1. The molecule has 184 valence electrons. The van der Waals surface area contributed by atoms with Gasteiger partial charge in [-0.3, -0.25) is 14.6 Å². The second-order valence-corrected chi connectivity index (χ2v) is 10.0. The monoisotopic (exact) mass is 493 g/mol. The van der Waals surface area contributed by atoms with Gasteiger partial charge in [0.15, 0.2) is 0 Å². The van der Waals surface area contributed by atoms with Crippen LogP contribution in [0.1, 0.15) is 42.7 Å². The van der Waals surface area contributed by atoms with Crippen LogP contribution in [0.15, 0.2) is 53.1 Å². The van der Waals surface area contributed by atoms with Gasteiger partial charge in [-0.15, -0.1) is 0 Å². The zero-order valence-corrected chi connectivity index (χ0v) is 20.7. The van der Waals surface area contributed by atoms with Gasteiger partial charge in [0.25, 0.3) is 0 Å². The van der Waals surface area contributed by atoms with Crippen molar-refractivity contribution in [2.75, 3.05) is 26.2 Å². The lowest BCUT2D eigenvalue weighted by molar-refractivity contribution is -0.126. The Morgan fingerprint density at radius 2 is 1.69 bits per heavy atom. The summed E-state index contributed by atoms with van der Waals surface area (Å²) < 4.78 is 5.44. The molecule has 0 atom stereocenters. The Bertz CT molecular complexity index is 1120. The van der Waals surface area contributed by atoms with Crippen LogP contribution in [0, 0.1) is 5.92 Å². The molecule has 2 aliphatic rings. The number of hydrogen-bond donors (Lipinski definition) is 1. The molecule has 0 aliphatic carbocycles. The quantitative estimate of drug-likeness (QED) is 0.497. The molecule has 5 rings (SSSR count). The lowest BCUT2D eigenvalue weighted by Gasteiger charge is -2.30. The van der Waals surface area contributed by atoms with Crippen LogP contribution >= 0.6 is 11.6 Å². The SMILES string of the molecule is O=C(NCc1ccc(CN2CCCC2)cc1)C1CCN(Cc2nc(-c3cccc(Cl)c3)no2)CC1. The van der Waals surface area contributed by atoms with Crippen LogP contribution in [-0.4, -0.2) is 52.0 Å². The smallest absolute Gasteiger partial charge is 0.241 e. The zero-order valence-electron chi connectivity index (χ0n) is 20.0. The van der Waals surface area contributed by atoms with E-state index in [2.05, 4.69) is 49.5 Å². The van der Waals surface area contributed by atoms with Gasteiger partial charge >= 0.3 is 0 Å². The maximum atomic E-state index is 12.7. The third kappa shape index (κ3) is 6.48. The fourth-order valence-corrected chi connectivity index (χ4v) is 5.09. The second kappa shape index (κ2) is 11.3. The number of halogens is 1. The largest absolute Gasteiger partial charge is 0.352 e. The first kappa shape index (κ1) is 24.0. The molecule has 2 saturated heterocycles. The van der Waals surface area contributed by atoms with Crippen LogP contribution in [0.2, 0.25) is 5.02 Å². The summed E-state index contributed by atoms with van der Waals surface area (Å²) in [6.45, 7) is 6.27. The van der Waals surface area contributed by atoms with E-state index in [1.807, 2.05) is 24.3 Å². The first-order chi connectivity index (χ1) is 17.1. The molecule has 0 unspecified atom stereocenters. The molecule has 1 aromatic heterocycles. The average molecular weight is 494 g/mol. The molecule has 0 spiro atoms. The summed E-state index contributed by atoms with van der Waals surface area (Å²) in [7, 11) is 0. The minimum atomic E-state index is 0.0467. The molecule has 0 saturated carbocycles. The Morgan fingerprint density at radius 1 is 0.971 bits per heavy atom. The van der Waals surface area contributed by atoms with E-state index in [-0.39, 0.29) is 11.8 Å². The van der Waals surface area contributed by atoms with E-state index in [1.54, 1.807) is 0 Å². The topological polar surface area (TPSA) is 74.5 Å². The lowest BCUT2D eigenvalue weighted by atomic mass is 9.96. The van der Waals surface area contributed by atoms with Crippen LogP contribution in [0.25, 0.3) is 11.4 Å². The number of nitrogens with one attached hydrogen (secondary N) is 1. The molecule has 2 aliphatic heterocycles. The van der Waals surface area contributed by atoms with Gasteiger partial charge in [-0.25, -0.2) is 0 Å². The van der Waals surface area contributed by atoms with Gasteiger partial charge in [-0.1, -0.05) is 53.2 Å². The Labute approximate surface area is 211 Å². The number of hydrogen-bond acceptors (Lipinski definition) is 6. The Morgan fingerprint density at radius 3 is 2.43 bits per heavy atom. The summed E-state index contributed by atoms with van der Waals surface area (Å²) in [5.41, 5.74) is 3.33. The molecule has 8 heteroatoms. The maximum absolute atomic E-state index is 12.7. The minimum Gasteiger partial charge on any atom is -0.352 e. The van der Waals surface area contributed by atoms with Crippen molar-refractivity contribution in [1.29, 1.82) is 0 Å². The molecule has 35 heavy (non-hydrogen) atoms. The van der Waals surface area contributed by atoms with Crippen LogP contribution in [0.3, 0.4) is 0 Å². The summed E-state index contributed by atoms with van der Waals surface area (Å²) in [4.78, 5) is 22.0. The highest BCUT2D eigenvalue weighted by Crippen LogP contribution is 2.22. The second-order valence-electron chi connectivity index (χ2n) is 9.59. The number of carbonyl (C=O) groups is 1. The van der Waals surface area contributed by atoms with Crippen molar-refractivity contribution in [2.45, 2.75) is 45.3 Å². The molecule has 1 N–H and O–H groups in total. The molecule has 3 aromatic rings. The molecule has 3 heterocycles. The van der Waals surface area contributed by atoms with Gasteiger partial charge in [0.1, 0.15) is 0 Å². The maximum Gasteiger partial charge on any atom is 0.241 e. The number of rotatable bonds is 8. The molecule has 0 bridgehead atoms. The third-order valence-electron chi connectivity index (χ3n) is 6.96. The van der Waals surface area contributed by atoms with E-state index < -0.39 is 0 Å². The van der Waals surface area contributed by atoms with Crippen LogP contribution in [-0.2, 0) is 24.4 Å². The van der Waals surface area contributed by atoms with Crippen molar-refractivity contribution >= 4 is 17.5 Å². The highest BCUT2D eigenvalue weighted by molar-refractivity contribution is 6.30. The van der Waals surface area contributed by atoms with Crippen molar-refractivity contribution in [3.63, 3.8) is 0 Å². The predicted molar refractivity (Wildman–Crippen MR) is 136 cm³/mol. The molecular weight excluding hydrogens is 462 g/mol. The van der Waals surface area contributed by atoms with Gasteiger partial charge in [0.2, 0.25) is 17.6 Å². The van der Waals surface area contributed by atoms with E-state index in [1.165, 1.54) is 31.5 Å². The number of amides is 1. The highest BCUT2D eigenvalue weighted by Gasteiger charge is 2.26. The Balaban J connectivity index is 1.04. The van der Waals surface area contributed by atoms with Gasteiger partial charge in [0, 0.05) is 29.6 Å². The Kier molecular flexibility index (Phi) is 7.76. The first-order valence-electron chi connectivity index (χ1n) is 12.5. The van der Waals surface area contributed by atoms with Crippen LogP contribution < -0.4 is 5.32 Å². The van der Waals surface area contributed by atoms with Gasteiger partial charge in [-0.2, -0.15) is 4.98 Å². The van der Waals surface area contributed by atoms with Crippen molar-refractivity contribution < 1.29 is 9.32 Å². The van der Waals surface area contributed by atoms with E-state index in [0.717, 1.165) is 43.6 Å². The highest BCUT2D eigenvalue weighted by atomic mass is 35.5. The fraction of sp³-hybridized carbons (Fsp3) is 0.444. The summed E-state index contributed by atoms with van der Waals surface area (Å²) in [6.07, 6.45) is 4.28. The lowest BCUT2D eigenvalue weighted by Crippen LogP contribution is -2.40. The van der Waals surface area contributed by atoms with Gasteiger partial charge < -0.3 is 9.84 Å². The molecular formula is C27H32ClN5O2. The van der Waals surface area contributed by atoms with E-state index in [9.17, 15) is 4.79 Å². The van der Waals surface area contributed by atoms with Crippen molar-refractivity contribution in [3.8, 4) is 11.4 Å². The van der Waals surface area contributed by atoms with Gasteiger partial charge in [-0.05, 0) is 75.1 Å². The van der Waals surface area contributed by atoms with Crippen molar-refractivity contribution in [3.05, 3.63) is 70.6 Å². The minimum absolute atomic E-state index is 0.0467. The summed E-state index contributed by atoms with van der Waals surface area (Å²) in [5.74, 6) is 1.31. The van der Waals surface area contributed by atoms with Crippen molar-refractivity contribution in [2.24, 2.45) is 5.92 Å². The number of nitrogens with zero attached hydrogens (tertiary/aromatic N) is 4. The first-order valence-corrected chi connectivity index (χ1v) is 12.9. The summed E-state index contributed by atoms with van der Waals surface area (Å²) >= 11 is 6.06. The Hall–Kier alpha value is -2.74. The van der Waals surface area contributed by atoms with Gasteiger partial charge in [0.05, 0.1) is 6.54 Å². The molecule has 7 nitrogen and oxygen atoms in total. The van der Waals surface area contributed by atoms with Crippen LogP contribution in [0.4, 0.5) is 0 Å². The molecule has 0 radical (unpaired) electrons. The number of carbonyl (C=O) groups excluding carboxylic acids is 1. The fourth-order valence-electron chi connectivity index (χ4n) is 4.90. The molecule has 2 fully saturated rings. The predicted octanol–water partition coefficient (Wildman–Crippen LogP) is 4.51. The molecule has 2 aromatic carbocycles. The van der Waals surface area contributed by atoms with E-state index in [4.69, 9.17) is 16.1 Å². The van der Waals surface area contributed by atoms with Crippen LogP contribution in [0.5, 0.6) is 0 Å². The molecule has 1 amide bonds. The standard InChI is InChI=1S/C27H32ClN5O2/c28-24-5-3-4-23(16-24)26-30-25(35-31-26)19-33-14-10-22(11-15-33)27(34)29-17-20-6-8-21(9-7-20)18-32-12-1-2-13-32/h3-9,16,22H,1-2,10-15,17-19H2,(H,29,34). The van der Waals surface area contributed by atoms with Crippen molar-refractivity contribution in [1.82, 2.24) is 25.3 Å². The number of aromatic nitrogens is 2. The average Bonchev–Trinajstić information content (AvgIpc) is 3.56.